The van der Waals surface area contributed by atoms with E-state index in [1.807, 2.05) is 42.5 Å². The van der Waals surface area contributed by atoms with Crippen molar-refractivity contribution in [2.45, 2.75) is 12.2 Å². The first-order chi connectivity index (χ1) is 8.18. The van der Waals surface area contributed by atoms with Crippen LogP contribution in [0.15, 0.2) is 54.6 Å². The molecule has 0 aliphatic rings. The molecule has 0 bridgehead atoms. The van der Waals surface area contributed by atoms with E-state index < -0.39 is 12.2 Å². The Bertz CT molecular complexity index is 467. The largest absolute Gasteiger partial charge is 0.385 e. The summed E-state index contributed by atoms with van der Waals surface area (Å²) in [5, 5.41) is 20.1. The van der Waals surface area contributed by atoms with Gasteiger partial charge in [-0.25, -0.2) is 0 Å². The lowest BCUT2D eigenvalue weighted by Crippen LogP contribution is -2.10. The molecular weight excluding hydrogens is 327 g/mol. The molecule has 2 unspecified atom stereocenters. The van der Waals surface area contributed by atoms with E-state index in [4.69, 9.17) is 0 Å². The minimum atomic E-state index is -0.894. The molecule has 0 heterocycles. The summed E-state index contributed by atoms with van der Waals surface area (Å²) in [6.45, 7) is 0. The Morgan fingerprint density at radius 3 is 1.71 bits per heavy atom. The zero-order chi connectivity index (χ0) is 12.3. The summed E-state index contributed by atoms with van der Waals surface area (Å²) in [6, 6.07) is 16.7. The average molecular weight is 340 g/mol. The van der Waals surface area contributed by atoms with Crippen molar-refractivity contribution in [1.29, 1.82) is 0 Å². The monoisotopic (exact) mass is 340 g/mol. The van der Waals surface area contributed by atoms with Gasteiger partial charge in [0.25, 0.3) is 0 Å². The highest BCUT2D eigenvalue weighted by Gasteiger charge is 2.19. The number of halogens is 1. The van der Waals surface area contributed by atoms with E-state index in [9.17, 15) is 10.2 Å². The van der Waals surface area contributed by atoms with Crippen molar-refractivity contribution >= 4 is 22.6 Å². The Labute approximate surface area is 114 Å². The van der Waals surface area contributed by atoms with Gasteiger partial charge in [-0.15, -0.1) is 0 Å². The van der Waals surface area contributed by atoms with Crippen LogP contribution in [0.5, 0.6) is 0 Å². The molecule has 0 aromatic heterocycles. The number of hydrogen-bond donors (Lipinski definition) is 2. The molecule has 2 rings (SSSR count). The lowest BCUT2D eigenvalue weighted by atomic mass is 9.99. The Morgan fingerprint density at radius 2 is 1.18 bits per heavy atom. The Hall–Kier alpha value is -0.910. The Balaban J connectivity index is 2.20. The van der Waals surface area contributed by atoms with E-state index in [1.165, 1.54) is 0 Å². The van der Waals surface area contributed by atoms with Crippen molar-refractivity contribution in [2.75, 3.05) is 0 Å². The van der Waals surface area contributed by atoms with E-state index in [2.05, 4.69) is 22.6 Å². The van der Waals surface area contributed by atoms with Gasteiger partial charge in [0.05, 0.1) is 0 Å². The molecule has 0 saturated carbocycles. The number of hydrogen-bond acceptors (Lipinski definition) is 2. The second kappa shape index (κ2) is 5.62. The van der Waals surface area contributed by atoms with Crippen molar-refractivity contribution in [2.24, 2.45) is 0 Å². The second-order valence-electron chi connectivity index (χ2n) is 3.85. The van der Waals surface area contributed by atoms with Crippen LogP contribution in [-0.4, -0.2) is 10.2 Å². The minimum absolute atomic E-state index is 0.721. The van der Waals surface area contributed by atoms with Crippen LogP contribution in [0.3, 0.4) is 0 Å². The zero-order valence-corrected chi connectivity index (χ0v) is 11.3. The van der Waals surface area contributed by atoms with Crippen LogP contribution in [0.1, 0.15) is 23.3 Å². The Kier molecular flexibility index (Phi) is 4.15. The van der Waals surface area contributed by atoms with Gasteiger partial charge >= 0.3 is 0 Å². The summed E-state index contributed by atoms with van der Waals surface area (Å²) >= 11 is 2.20. The van der Waals surface area contributed by atoms with Gasteiger partial charge in [-0.2, -0.15) is 0 Å². The van der Waals surface area contributed by atoms with Gasteiger partial charge in [-0.3, -0.25) is 0 Å². The summed E-state index contributed by atoms with van der Waals surface area (Å²) in [5.74, 6) is 0. The molecule has 0 saturated heterocycles. The molecule has 0 spiro atoms. The van der Waals surface area contributed by atoms with Gasteiger partial charge < -0.3 is 10.2 Å². The first-order valence-corrected chi connectivity index (χ1v) is 6.43. The first kappa shape index (κ1) is 12.5. The van der Waals surface area contributed by atoms with E-state index >= 15 is 0 Å². The molecule has 0 aliphatic carbocycles. The van der Waals surface area contributed by atoms with Gasteiger partial charge in [-0.05, 0) is 45.9 Å². The molecule has 88 valence electrons. The fourth-order valence-electron chi connectivity index (χ4n) is 1.67. The summed E-state index contributed by atoms with van der Waals surface area (Å²) in [6.07, 6.45) is -1.79. The third-order valence-electron chi connectivity index (χ3n) is 2.65. The fourth-order valence-corrected chi connectivity index (χ4v) is 2.03. The van der Waals surface area contributed by atoms with Gasteiger partial charge in [0, 0.05) is 3.57 Å². The summed E-state index contributed by atoms with van der Waals surface area (Å²) in [4.78, 5) is 0. The smallest absolute Gasteiger partial charge is 0.109 e. The van der Waals surface area contributed by atoms with Gasteiger partial charge in [0.15, 0.2) is 0 Å². The van der Waals surface area contributed by atoms with E-state index in [1.54, 1.807) is 12.1 Å². The maximum absolute atomic E-state index is 10.1. The predicted molar refractivity (Wildman–Crippen MR) is 75.5 cm³/mol. The average Bonchev–Trinajstić information content (AvgIpc) is 2.39. The normalized spacial score (nSPS) is 14.3. The molecule has 2 aromatic carbocycles. The molecule has 2 nitrogen and oxygen atoms in total. The Morgan fingerprint density at radius 1 is 0.706 bits per heavy atom. The predicted octanol–water partition coefficient (Wildman–Crippen LogP) is 3.06. The quantitative estimate of drug-likeness (QED) is 0.844. The molecule has 0 radical (unpaired) electrons. The molecule has 17 heavy (non-hydrogen) atoms. The number of aliphatic hydroxyl groups is 2. The van der Waals surface area contributed by atoms with Crippen molar-refractivity contribution < 1.29 is 10.2 Å². The summed E-state index contributed by atoms with van der Waals surface area (Å²) in [5.41, 5.74) is 1.44. The molecule has 0 fully saturated rings. The van der Waals surface area contributed by atoms with Crippen molar-refractivity contribution in [1.82, 2.24) is 0 Å². The highest BCUT2D eigenvalue weighted by molar-refractivity contribution is 14.1. The highest BCUT2D eigenvalue weighted by atomic mass is 127. The van der Waals surface area contributed by atoms with Crippen LogP contribution in [-0.2, 0) is 0 Å². The van der Waals surface area contributed by atoms with Crippen LogP contribution >= 0.6 is 22.6 Å². The lowest BCUT2D eigenvalue weighted by Gasteiger charge is -2.18. The standard InChI is InChI=1S/C14H13IO2/c15-12-8-6-11(7-9-12)14(17)13(16)10-4-2-1-3-5-10/h1-9,13-14,16-17H. The summed E-state index contributed by atoms with van der Waals surface area (Å²) < 4.78 is 1.10. The van der Waals surface area contributed by atoms with Crippen LogP contribution in [0.4, 0.5) is 0 Å². The molecule has 2 N–H and O–H groups in total. The summed E-state index contributed by atoms with van der Waals surface area (Å²) in [7, 11) is 0. The molecule has 2 atom stereocenters. The van der Waals surface area contributed by atoms with Crippen molar-refractivity contribution in [3.05, 3.63) is 69.3 Å². The molecule has 0 amide bonds. The highest BCUT2D eigenvalue weighted by Crippen LogP contribution is 2.28. The number of rotatable bonds is 3. The minimum Gasteiger partial charge on any atom is -0.385 e. The molecule has 2 aromatic rings. The van der Waals surface area contributed by atoms with Crippen LogP contribution < -0.4 is 0 Å². The molecule has 3 heteroatoms. The van der Waals surface area contributed by atoms with Crippen LogP contribution in [0.25, 0.3) is 0 Å². The van der Waals surface area contributed by atoms with Gasteiger partial charge in [-0.1, -0.05) is 42.5 Å². The molecular formula is C14H13IO2. The lowest BCUT2D eigenvalue weighted by molar-refractivity contribution is 0.0172. The number of benzene rings is 2. The maximum atomic E-state index is 10.1. The second-order valence-corrected chi connectivity index (χ2v) is 5.10. The fraction of sp³-hybridized carbons (Fsp3) is 0.143. The maximum Gasteiger partial charge on any atom is 0.109 e. The van der Waals surface area contributed by atoms with E-state index in [-0.39, 0.29) is 0 Å². The topological polar surface area (TPSA) is 40.5 Å². The van der Waals surface area contributed by atoms with Crippen LogP contribution in [0, 0.1) is 3.57 Å². The van der Waals surface area contributed by atoms with Gasteiger partial charge in [0.2, 0.25) is 0 Å². The zero-order valence-electron chi connectivity index (χ0n) is 9.12. The van der Waals surface area contributed by atoms with E-state index in [0.29, 0.717) is 0 Å². The number of aliphatic hydroxyl groups excluding tert-OH is 2. The SMILES string of the molecule is OC(c1ccccc1)C(O)c1ccc(I)cc1. The first-order valence-electron chi connectivity index (χ1n) is 5.35. The van der Waals surface area contributed by atoms with Gasteiger partial charge in [0.1, 0.15) is 12.2 Å². The van der Waals surface area contributed by atoms with Crippen molar-refractivity contribution in [3.63, 3.8) is 0 Å². The van der Waals surface area contributed by atoms with E-state index in [0.717, 1.165) is 14.7 Å². The van der Waals surface area contributed by atoms with Crippen LogP contribution in [0.2, 0.25) is 0 Å². The molecule has 0 aliphatic heterocycles. The van der Waals surface area contributed by atoms with Crippen molar-refractivity contribution in [3.8, 4) is 0 Å². The third-order valence-corrected chi connectivity index (χ3v) is 3.37. The third kappa shape index (κ3) is 3.06.